The number of halogens is 1. The number of sulfonamides is 1. The van der Waals surface area contributed by atoms with Gasteiger partial charge in [-0.3, -0.25) is 0 Å². The highest BCUT2D eigenvalue weighted by Crippen LogP contribution is 2.31. The molecule has 5 nitrogen and oxygen atoms in total. The molecule has 0 unspecified atom stereocenters. The van der Waals surface area contributed by atoms with Crippen LogP contribution in [-0.4, -0.2) is 44.1 Å². The molecule has 2 rings (SSSR count). The number of aliphatic hydroxyl groups is 1. The molecule has 0 spiro atoms. The van der Waals surface area contributed by atoms with Gasteiger partial charge >= 0.3 is 0 Å². The molecule has 1 aromatic rings. The van der Waals surface area contributed by atoms with Crippen molar-refractivity contribution in [3.05, 3.63) is 22.7 Å². The number of hydrogen-bond acceptors (Lipinski definition) is 4. The molecule has 21 heavy (non-hydrogen) atoms. The van der Waals surface area contributed by atoms with Crippen LogP contribution in [0, 0.1) is 0 Å². The minimum absolute atomic E-state index is 0.190. The van der Waals surface area contributed by atoms with Crippen molar-refractivity contribution >= 4 is 26.0 Å². The van der Waals surface area contributed by atoms with Crippen molar-refractivity contribution in [2.24, 2.45) is 0 Å². The minimum atomic E-state index is -3.63. The van der Waals surface area contributed by atoms with E-state index in [1.54, 1.807) is 6.07 Å². The molecule has 1 aliphatic rings. The van der Waals surface area contributed by atoms with Crippen molar-refractivity contribution in [2.45, 2.75) is 42.7 Å². The topological polar surface area (TPSA) is 66.8 Å². The zero-order chi connectivity index (χ0) is 15.6. The summed E-state index contributed by atoms with van der Waals surface area (Å²) in [5.74, 6) is 0.578. The second-order valence-electron chi connectivity index (χ2n) is 5.24. The number of hydrogen-bond donors (Lipinski definition) is 1. The SMILES string of the molecule is COc1ccc(S(=O)(=O)N(C)[C@H]2CCCC[C@H]2O)cc1Br. The average molecular weight is 378 g/mol. The van der Waals surface area contributed by atoms with Gasteiger partial charge in [-0.2, -0.15) is 4.31 Å². The molecule has 0 radical (unpaired) electrons. The summed E-state index contributed by atoms with van der Waals surface area (Å²) in [5, 5.41) is 10.1. The predicted octanol–water partition coefficient (Wildman–Crippen LogP) is 2.38. The Labute approximate surface area is 134 Å². The Morgan fingerprint density at radius 1 is 1.33 bits per heavy atom. The van der Waals surface area contributed by atoms with Crippen molar-refractivity contribution in [3.8, 4) is 5.75 Å². The number of methoxy groups -OCH3 is 1. The van der Waals surface area contributed by atoms with Crippen molar-refractivity contribution in [2.75, 3.05) is 14.2 Å². The van der Waals surface area contributed by atoms with Gasteiger partial charge in [0.25, 0.3) is 0 Å². The third-order valence-electron chi connectivity index (χ3n) is 3.96. The molecule has 1 aromatic carbocycles. The lowest BCUT2D eigenvalue weighted by atomic mass is 9.93. The number of ether oxygens (including phenoxy) is 1. The third-order valence-corrected chi connectivity index (χ3v) is 6.46. The van der Waals surface area contributed by atoms with Crippen LogP contribution in [-0.2, 0) is 10.0 Å². The summed E-state index contributed by atoms with van der Waals surface area (Å²) in [6, 6.07) is 4.30. The van der Waals surface area contributed by atoms with Crippen LogP contribution < -0.4 is 4.74 Å². The number of likely N-dealkylation sites (N-methyl/N-ethyl adjacent to an activating group) is 1. The maximum absolute atomic E-state index is 12.7. The smallest absolute Gasteiger partial charge is 0.243 e. The first-order valence-corrected chi connectivity index (χ1v) is 9.11. The summed E-state index contributed by atoms with van der Waals surface area (Å²) in [6.07, 6.45) is 2.62. The van der Waals surface area contributed by atoms with Crippen LogP contribution in [0.15, 0.2) is 27.6 Å². The van der Waals surface area contributed by atoms with Gasteiger partial charge in [-0.1, -0.05) is 12.8 Å². The summed E-state index contributed by atoms with van der Waals surface area (Å²) in [6.45, 7) is 0. The first kappa shape index (κ1) is 16.7. The summed E-state index contributed by atoms with van der Waals surface area (Å²) >= 11 is 3.30. The number of rotatable bonds is 4. The highest BCUT2D eigenvalue weighted by atomic mass is 79.9. The van der Waals surface area contributed by atoms with Crippen molar-refractivity contribution in [1.29, 1.82) is 0 Å². The average Bonchev–Trinajstić information content (AvgIpc) is 2.47. The number of nitrogens with zero attached hydrogens (tertiary/aromatic N) is 1. The highest BCUT2D eigenvalue weighted by Gasteiger charge is 2.34. The van der Waals surface area contributed by atoms with Gasteiger partial charge in [0.1, 0.15) is 5.75 Å². The maximum Gasteiger partial charge on any atom is 0.243 e. The molecule has 1 fully saturated rings. The van der Waals surface area contributed by atoms with Gasteiger partial charge < -0.3 is 9.84 Å². The van der Waals surface area contributed by atoms with Crippen LogP contribution in [0.5, 0.6) is 5.75 Å². The lowest BCUT2D eigenvalue weighted by molar-refractivity contribution is 0.0638. The molecular weight excluding hydrogens is 358 g/mol. The molecule has 1 aliphatic carbocycles. The van der Waals surface area contributed by atoms with Gasteiger partial charge in [-0.15, -0.1) is 0 Å². The Morgan fingerprint density at radius 3 is 2.57 bits per heavy atom. The zero-order valence-corrected chi connectivity index (χ0v) is 14.5. The molecule has 118 valence electrons. The van der Waals surface area contributed by atoms with E-state index in [0.29, 0.717) is 23.1 Å². The molecule has 0 amide bonds. The number of benzene rings is 1. The maximum atomic E-state index is 12.7. The lowest BCUT2D eigenvalue weighted by Gasteiger charge is -2.34. The molecule has 0 saturated heterocycles. The van der Waals surface area contributed by atoms with E-state index in [9.17, 15) is 13.5 Å². The Bertz CT molecular complexity index is 605. The molecule has 0 aromatic heterocycles. The molecule has 1 N–H and O–H groups in total. The zero-order valence-electron chi connectivity index (χ0n) is 12.1. The fourth-order valence-electron chi connectivity index (χ4n) is 2.67. The molecular formula is C14H20BrNO4S. The lowest BCUT2D eigenvalue weighted by Crippen LogP contribution is -2.46. The second-order valence-corrected chi connectivity index (χ2v) is 8.09. The van der Waals surface area contributed by atoms with E-state index >= 15 is 0 Å². The van der Waals surface area contributed by atoms with E-state index < -0.39 is 16.1 Å². The number of aliphatic hydroxyl groups excluding tert-OH is 1. The first-order chi connectivity index (χ1) is 9.87. The monoisotopic (exact) mass is 377 g/mol. The Balaban J connectivity index is 2.30. The predicted molar refractivity (Wildman–Crippen MR) is 83.9 cm³/mol. The van der Waals surface area contributed by atoms with E-state index in [2.05, 4.69) is 15.9 Å². The molecule has 1 saturated carbocycles. The summed E-state index contributed by atoms with van der Waals surface area (Å²) in [7, 11) is -0.570. The van der Waals surface area contributed by atoms with Crippen LogP contribution >= 0.6 is 15.9 Å². The standard InChI is InChI=1S/C14H20BrNO4S/c1-16(12-5-3-4-6-13(12)17)21(18,19)10-7-8-14(20-2)11(15)9-10/h7-9,12-13,17H,3-6H2,1-2H3/t12-,13+/m0/s1. The van der Waals surface area contributed by atoms with Crippen molar-refractivity contribution in [3.63, 3.8) is 0 Å². The molecule has 0 bridgehead atoms. The Kier molecular flexibility index (Phi) is 5.29. The van der Waals surface area contributed by atoms with Crippen molar-refractivity contribution in [1.82, 2.24) is 4.31 Å². The van der Waals surface area contributed by atoms with Gasteiger partial charge in [-0.25, -0.2) is 8.42 Å². The molecule has 2 atom stereocenters. The van der Waals surface area contributed by atoms with E-state index in [-0.39, 0.29) is 10.9 Å². The van der Waals surface area contributed by atoms with E-state index in [1.807, 2.05) is 0 Å². The Hall–Kier alpha value is -0.630. The van der Waals surface area contributed by atoms with Crippen LogP contribution in [0.3, 0.4) is 0 Å². The summed E-state index contributed by atoms with van der Waals surface area (Å²) in [5.41, 5.74) is 0. The highest BCUT2D eigenvalue weighted by molar-refractivity contribution is 9.10. The van der Waals surface area contributed by atoms with Gasteiger partial charge in [0.2, 0.25) is 10.0 Å². The third kappa shape index (κ3) is 3.41. The van der Waals surface area contributed by atoms with E-state index in [4.69, 9.17) is 4.74 Å². The van der Waals surface area contributed by atoms with E-state index in [1.165, 1.54) is 30.6 Å². The normalized spacial score (nSPS) is 23.3. The van der Waals surface area contributed by atoms with Gasteiger partial charge in [-0.05, 0) is 47.0 Å². The van der Waals surface area contributed by atoms with Gasteiger partial charge in [0.05, 0.1) is 28.6 Å². The van der Waals surface area contributed by atoms with Crippen molar-refractivity contribution < 1.29 is 18.3 Å². The fourth-order valence-corrected chi connectivity index (χ4v) is 4.80. The summed E-state index contributed by atoms with van der Waals surface area (Å²) < 4.78 is 32.4. The quantitative estimate of drug-likeness (QED) is 0.874. The molecule has 0 heterocycles. The Morgan fingerprint density at radius 2 is 2.00 bits per heavy atom. The molecule has 7 heteroatoms. The largest absolute Gasteiger partial charge is 0.496 e. The fraction of sp³-hybridized carbons (Fsp3) is 0.571. The van der Waals surface area contributed by atoms with Crippen LogP contribution in [0.1, 0.15) is 25.7 Å². The van der Waals surface area contributed by atoms with Crippen LogP contribution in [0.4, 0.5) is 0 Å². The van der Waals surface area contributed by atoms with Crippen LogP contribution in [0.2, 0.25) is 0 Å². The van der Waals surface area contributed by atoms with E-state index in [0.717, 1.165) is 12.8 Å². The van der Waals surface area contributed by atoms with Gasteiger partial charge in [0.15, 0.2) is 0 Å². The second kappa shape index (κ2) is 6.64. The minimum Gasteiger partial charge on any atom is -0.496 e. The summed E-state index contributed by atoms with van der Waals surface area (Å²) in [4.78, 5) is 0.190. The first-order valence-electron chi connectivity index (χ1n) is 6.87. The van der Waals surface area contributed by atoms with Crippen LogP contribution in [0.25, 0.3) is 0 Å². The van der Waals surface area contributed by atoms with Gasteiger partial charge in [0, 0.05) is 7.05 Å². The molecule has 0 aliphatic heterocycles.